The highest BCUT2D eigenvalue weighted by molar-refractivity contribution is 5.89. The van der Waals surface area contributed by atoms with Crippen LogP contribution in [0.5, 0.6) is 0 Å². The SMILES string of the molecule is CC(F)CCC(OC(=O)c1ccc(F)cc1)c1ccccc1. The number of esters is 1. The van der Waals surface area contributed by atoms with Gasteiger partial charge in [0.05, 0.1) is 11.7 Å². The van der Waals surface area contributed by atoms with Crippen molar-refractivity contribution >= 4 is 5.97 Å². The van der Waals surface area contributed by atoms with Crippen molar-refractivity contribution in [2.24, 2.45) is 0 Å². The number of hydrogen-bond acceptors (Lipinski definition) is 2. The molecule has 0 heterocycles. The number of alkyl halides is 1. The zero-order chi connectivity index (χ0) is 15.9. The minimum Gasteiger partial charge on any atom is -0.454 e. The topological polar surface area (TPSA) is 26.3 Å². The first-order valence-electron chi connectivity index (χ1n) is 7.22. The van der Waals surface area contributed by atoms with Crippen LogP contribution in [0.25, 0.3) is 0 Å². The second-order valence-corrected chi connectivity index (χ2v) is 5.17. The number of hydrogen-bond donors (Lipinski definition) is 0. The molecule has 2 atom stereocenters. The molecule has 0 fully saturated rings. The zero-order valence-corrected chi connectivity index (χ0v) is 12.3. The van der Waals surface area contributed by atoms with Crippen LogP contribution in [0.3, 0.4) is 0 Å². The number of carbonyl (C=O) groups is 1. The summed E-state index contributed by atoms with van der Waals surface area (Å²) in [4.78, 5) is 12.1. The van der Waals surface area contributed by atoms with Crippen molar-refractivity contribution in [3.05, 3.63) is 71.5 Å². The lowest BCUT2D eigenvalue weighted by Gasteiger charge is -2.19. The summed E-state index contributed by atoms with van der Waals surface area (Å²) in [5, 5.41) is 0. The monoisotopic (exact) mass is 304 g/mol. The van der Waals surface area contributed by atoms with E-state index in [4.69, 9.17) is 4.74 Å². The Balaban J connectivity index is 2.11. The first kappa shape index (κ1) is 16.1. The third kappa shape index (κ3) is 4.65. The number of carbonyl (C=O) groups excluding carboxylic acids is 1. The summed E-state index contributed by atoms with van der Waals surface area (Å²) in [6.45, 7) is 1.48. The molecule has 0 bridgehead atoms. The van der Waals surface area contributed by atoms with Crippen LogP contribution in [0, 0.1) is 5.82 Å². The molecule has 0 amide bonds. The molecule has 0 aliphatic carbocycles. The van der Waals surface area contributed by atoms with Crippen LogP contribution in [0.4, 0.5) is 8.78 Å². The molecule has 0 aromatic heterocycles. The predicted molar refractivity (Wildman–Crippen MR) is 80.8 cm³/mol. The Labute approximate surface area is 128 Å². The Morgan fingerprint density at radius 2 is 1.68 bits per heavy atom. The Morgan fingerprint density at radius 1 is 1.05 bits per heavy atom. The second kappa shape index (κ2) is 7.69. The quantitative estimate of drug-likeness (QED) is 0.712. The molecular weight excluding hydrogens is 286 g/mol. The zero-order valence-electron chi connectivity index (χ0n) is 12.3. The van der Waals surface area contributed by atoms with E-state index in [0.717, 1.165) is 5.56 Å². The normalized spacial score (nSPS) is 13.4. The summed E-state index contributed by atoms with van der Waals surface area (Å²) in [6, 6.07) is 14.4. The fourth-order valence-corrected chi connectivity index (χ4v) is 2.13. The minimum absolute atomic E-state index is 0.274. The van der Waals surface area contributed by atoms with Crippen molar-refractivity contribution in [1.82, 2.24) is 0 Å². The van der Waals surface area contributed by atoms with E-state index in [1.54, 1.807) is 0 Å². The van der Waals surface area contributed by atoms with Gasteiger partial charge in [0.2, 0.25) is 0 Å². The largest absolute Gasteiger partial charge is 0.454 e. The molecular formula is C18H18F2O2. The van der Waals surface area contributed by atoms with Gasteiger partial charge in [0, 0.05) is 0 Å². The first-order valence-corrected chi connectivity index (χ1v) is 7.22. The maximum atomic E-state index is 13.1. The van der Waals surface area contributed by atoms with Gasteiger partial charge in [0.15, 0.2) is 0 Å². The maximum absolute atomic E-state index is 13.1. The van der Waals surface area contributed by atoms with Gasteiger partial charge in [-0.05, 0) is 49.6 Å². The Hall–Kier alpha value is -2.23. The third-order valence-corrected chi connectivity index (χ3v) is 3.33. The number of benzene rings is 2. The molecule has 2 nitrogen and oxygen atoms in total. The van der Waals surface area contributed by atoms with Gasteiger partial charge in [-0.2, -0.15) is 0 Å². The number of rotatable bonds is 6. The lowest BCUT2D eigenvalue weighted by Crippen LogP contribution is -2.13. The van der Waals surface area contributed by atoms with Crippen LogP contribution in [-0.4, -0.2) is 12.1 Å². The van der Waals surface area contributed by atoms with E-state index < -0.39 is 24.1 Å². The molecule has 2 aromatic carbocycles. The molecule has 0 saturated heterocycles. The molecule has 0 saturated carbocycles. The van der Waals surface area contributed by atoms with Crippen molar-refractivity contribution < 1.29 is 18.3 Å². The van der Waals surface area contributed by atoms with Gasteiger partial charge < -0.3 is 4.74 Å². The van der Waals surface area contributed by atoms with Crippen molar-refractivity contribution in [2.75, 3.05) is 0 Å². The average Bonchev–Trinajstić information content (AvgIpc) is 2.52. The molecule has 0 N–H and O–H groups in total. The average molecular weight is 304 g/mol. The van der Waals surface area contributed by atoms with E-state index in [9.17, 15) is 13.6 Å². The number of halogens is 2. The van der Waals surface area contributed by atoms with Gasteiger partial charge >= 0.3 is 5.97 Å². The second-order valence-electron chi connectivity index (χ2n) is 5.17. The van der Waals surface area contributed by atoms with Crippen molar-refractivity contribution in [3.8, 4) is 0 Å². The molecule has 2 unspecified atom stereocenters. The fraction of sp³-hybridized carbons (Fsp3) is 0.278. The van der Waals surface area contributed by atoms with Crippen LogP contribution in [0.15, 0.2) is 54.6 Å². The molecule has 0 radical (unpaired) electrons. The predicted octanol–water partition coefficient (Wildman–Crippen LogP) is 4.86. The summed E-state index contributed by atoms with van der Waals surface area (Å²) >= 11 is 0. The Morgan fingerprint density at radius 3 is 2.27 bits per heavy atom. The third-order valence-electron chi connectivity index (χ3n) is 3.33. The van der Waals surface area contributed by atoms with Crippen LogP contribution in [-0.2, 0) is 4.74 Å². The smallest absolute Gasteiger partial charge is 0.338 e. The summed E-state index contributed by atoms with van der Waals surface area (Å²) < 4.78 is 31.5. The van der Waals surface area contributed by atoms with E-state index in [1.807, 2.05) is 30.3 Å². The summed E-state index contributed by atoms with van der Waals surface area (Å²) in [5.41, 5.74) is 1.09. The fourth-order valence-electron chi connectivity index (χ4n) is 2.13. The van der Waals surface area contributed by atoms with Gasteiger partial charge in [-0.3, -0.25) is 0 Å². The minimum atomic E-state index is -0.962. The van der Waals surface area contributed by atoms with E-state index in [0.29, 0.717) is 12.8 Å². The highest BCUT2D eigenvalue weighted by Crippen LogP contribution is 2.25. The molecule has 2 aromatic rings. The van der Waals surface area contributed by atoms with Crippen LogP contribution in [0.2, 0.25) is 0 Å². The molecule has 2 rings (SSSR count). The summed E-state index contributed by atoms with van der Waals surface area (Å²) in [5.74, 6) is -0.956. The van der Waals surface area contributed by atoms with E-state index in [1.165, 1.54) is 31.2 Å². The van der Waals surface area contributed by atoms with Crippen LogP contribution < -0.4 is 0 Å². The molecule has 0 aliphatic rings. The molecule has 4 heteroatoms. The molecule has 0 spiro atoms. The number of ether oxygens (including phenoxy) is 1. The summed E-state index contributed by atoms with van der Waals surface area (Å²) in [6.07, 6.45) is -0.780. The highest BCUT2D eigenvalue weighted by Gasteiger charge is 2.19. The lowest BCUT2D eigenvalue weighted by atomic mass is 10.0. The summed E-state index contributed by atoms with van der Waals surface area (Å²) in [7, 11) is 0. The van der Waals surface area contributed by atoms with Gasteiger partial charge in [-0.15, -0.1) is 0 Å². The molecule has 22 heavy (non-hydrogen) atoms. The van der Waals surface area contributed by atoms with E-state index in [-0.39, 0.29) is 5.56 Å². The molecule has 116 valence electrons. The van der Waals surface area contributed by atoms with E-state index in [2.05, 4.69) is 0 Å². The van der Waals surface area contributed by atoms with Crippen LogP contribution >= 0.6 is 0 Å². The van der Waals surface area contributed by atoms with E-state index >= 15 is 0 Å². The highest BCUT2D eigenvalue weighted by atomic mass is 19.1. The van der Waals surface area contributed by atoms with Gasteiger partial charge in [0.1, 0.15) is 11.9 Å². The lowest BCUT2D eigenvalue weighted by molar-refractivity contribution is 0.0257. The Bertz CT molecular complexity index is 594. The first-order chi connectivity index (χ1) is 10.6. The van der Waals surface area contributed by atoms with Crippen molar-refractivity contribution in [2.45, 2.75) is 32.0 Å². The van der Waals surface area contributed by atoms with Crippen molar-refractivity contribution in [3.63, 3.8) is 0 Å². The van der Waals surface area contributed by atoms with Crippen LogP contribution in [0.1, 0.15) is 41.8 Å². The van der Waals surface area contributed by atoms with Gasteiger partial charge in [-0.25, -0.2) is 13.6 Å². The maximum Gasteiger partial charge on any atom is 0.338 e. The van der Waals surface area contributed by atoms with Gasteiger partial charge in [0.25, 0.3) is 0 Å². The molecule has 0 aliphatic heterocycles. The van der Waals surface area contributed by atoms with Crippen molar-refractivity contribution in [1.29, 1.82) is 0 Å². The van der Waals surface area contributed by atoms with Gasteiger partial charge in [-0.1, -0.05) is 30.3 Å². The standard InChI is InChI=1S/C18H18F2O2/c1-13(19)7-12-17(14-5-3-2-4-6-14)22-18(21)15-8-10-16(20)11-9-15/h2-6,8-11,13,17H,7,12H2,1H3. The Kier molecular flexibility index (Phi) is 5.64.